The van der Waals surface area contributed by atoms with Gasteiger partial charge in [-0.15, -0.1) is 0 Å². The number of hydrogen-bond acceptors (Lipinski definition) is 7. The van der Waals surface area contributed by atoms with E-state index in [1.807, 2.05) is 67.6 Å². The fourth-order valence-corrected chi connectivity index (χ4v) is 4.89. The van der Waals surface area contributed by atoms with Crippen molar-refractivity contribution in [3.05, 3.63) is 101 Å². The summed E-state index contributed by atoms with van der Waals surface area (Å²) in [6.07, 6.45) is 3.00. The Kier molecular flexibility index (Phi) is 7.74. The second-order valence-corrected chi connectivity index (χ2v) is 9.64. The van der Waals surface area contributed by atoms with E-state index in [-0.39, 0.29) is 5.88 Å². The van der Waals surface area contributed by atoms with E-state index in [0.29, 0.717) is 62.8 Å². The molecule has 0 saturated carbocycles. The van der Waals surface area contributed by atoms with Gasteiger partial charge in [-0.1, -0.05) is 47.7 Å². The Bertz CT molecular complexity index is 1400. The quantitative estimate of drug-likeness (QED) is 0.467. The number of benzene rings is 2. The molecule has 2 aliphatic heterocycles. The summed E-state index contributed by atoms with van der Waals surface area (Å²) < 4.78 is 8.05. The lowest BCUT2D eigenvalue weighted by molar-refractivity contribution is 0.0647. The first kappa shape index (κ1) is 26.2. The maximum Gasteiger partial charge on any atom is 0.434 e. The Labute approximate surface area is 227 Å². The normalized spacial score (nSPS) is 16.1. The van der Waals surface area contributed by atoms with Crippen molar-refractivity contribution < 1.29 is 19.5 Å². The van der Waals surface area contributed by atoms with Gasteiger partial charge in [-0.05, 0) is 42.8 Å². The maximum atomic E-state index is 12.9. The molecule has 1 saturated heterocycles. The van der Waals surface area contributed by atoms with Gasteiger partial charge in [0, 0.05) is 58.1 Å². The number of aromatic nitrogens is 2. The Balaban J connectivity index is 1.19. The molecule has 1 aromatic heterocycles. The van der Waals surface area contributed by atoms with Gasteiger partial charge in [0.25, 0.3) is 5.88 Å². The van der Waals surface area contributed by atoms with Crippen LogP contribution in [-0.4, -0.2) is 67.9 Å². The number of hydrogen-bond donors (Lipinski definition) is 1. The molecule has 5 rings (SSSR count). The maximum absolute atomic E-state index is 12.9. The summed E-state index contributed by atoms with van der Waals surface area (Å²) in [4.78, 5) is 36.9. The fraction of sp³-hybridized carbons (Fsp3) is 0.310. The average molecular weight is 532 g/mol. The first-order chi connectivity index (χ1) is 18.9. The second kappa shape index (κ2) is 11.5. The number of fused-ring (bicyclic) bond motifs is 1. The predicted octanol–water partition coefficient (Wildman–Crippen LogP) is 3.42. The zero-order valence-corrected chi connectivity index (χ0v) is 22.0. The summed E-state index contributed by atoms with van der Waals surface area (Å²) in [7, 11) is 0. The number of allylic oxidation sites excluding steroid dienone is 3. The van der Waals surface area contributed by atoms with Crippen molar-refractivity contribution in [3.8, 4) is 17.4 Å². The van der Waals surface area contributed by atoms with E-state index in [4.69, 9.17) is 9.57 Å². The Morgan fingerprint density at radius 3 is 2.31 bits per heavy atom. The number of para-hydroxylation sites is 1. The third-order valence-electron chi connectivity index (χ3n) is 7.07. The summed E-state index contributed by atoms with van der Waals surface area (Å²) in [6, 6.07) is 17.4. The minimum absolute atomic E-state index is 0.340. The molecule has 0 bridgehead atoms. The van der Waals surface area contributed by atoms with Gasteiger partial charge in [0.05, 0.1) is 0 Å². The van der Waals surface area contributed by atoms with Crippen LogP contribution in [0, 0.1) is 0 Å². The third-order valence-corrected chi connectivity index (χ3v) is 7.07. The molecule has 10 heteroatoms. The molecular weight excluding hydrogens is 498 g/mol. The van der Waals surface area contributed by atoms with Crippen LogP contribution in [0.25, 0.3) is 0 Å². The number of carbonyl (C=O) groups is 1. The van der Waals surface area contributed by atoms with Crippen LogP contribution in [0.1, 0.15) is 18.2 Å². The predicted molar refractivity (Wildman–Crippen MR) is 147 cm³/mol. The van der Waals surface area contributed by atoms with Crippen LogP contribution >= 0.6 is 0 Å². The van der Waals surface area contributed by atoms with E-state index in [1.165, 1.54) is 9.47 Å². The van der Waals surface area contributed by atoms with Gasteiger partial charge in [-0.25, -0.2) is 9.59 Å². The van der Waals surface area contributed by atoms with Crippen molar-refractivity contribution in [2.75, 3.05) is 32.7 Å². The molecular formula is C29H33N5O5. The van der Waals surface area contributed by atoms with Crippen molar-refractivity contribution in [1.29, 1.82) is 0 Å². The molecule has 0 atom stereocenters. The first-order valence-corrected chi connectivity index (χ1v) is 13.0. The summed E-state index contributed by atoms with van der Waals surface area (Å²) in [6.45, 7) is 9.89. The number of ether oxygens (including phenoxy) is 1. The van der Waals surface area contributed by atoms with Gasteiger partial charge in [0.2, 0.25) is 0 Å². The lowest BCUT2D eigenvalue weighted by atomic mass is 10.2. The number of imidazole rings is 1. The molecule has 3 heterocycles. The van der Waals surface area contributed by atoms with Gasteiger partial charge in [0.1, 0.15) is 17.2 Å². The number of rotatable bonds is 7. The van der Waals surface area contributed by atoms with Crippen molar-refractivity contribution in [1.82, 2.24) is 24.0 Å². The van der Waals surface area contributed by atoms with E-state index in [9.17, 15) is 14.7 Å². The smallest absolute Gasteiger partial charge is 0.434 e. The van der Waals surface area contributed by atoms with Crippen LogP contribution < -0.4 is 15.3 Å². The van der Waals surface area contributed by atoms with Crippen LogP contribution in [0.4, 0.5) is 4.79 Å². The number of amides is 1. The minimum Gasteiger partial charge on any atom is -0.491 e. The molecule has 39 heavy (non-hydrogen) atoms. The molecule has 204 valence electrons. The van der Waals surface area contributed by atoms with Gasteiger partial charge >= 0.3 is 11.8 Å². The molecule has 0 unspecified atom stereocenters. The average Bonchev–Trinajstić information content (AvgIpc) is 3.19. The van der Waals surface area contributed by atoms with Crippen LogP contribution in [0.5, 0.6) is 17.4 Å². The molecule has 1 N–H and O–H groups in total. The Morgan fingerprint density at radius 2 is 1.62 bits per heavy atom. The molecule has 2 aliphatic rings. The minimum atomic E-state index is -0.657. The highest BCUT2D eigenvalue weighted by molar-refractivity contribution is 5.68. The third kappa shape index (κ3) is 5.85. The zero-order valence-electron chi connectivity index (χ0n) is 22.0. The molecule has 0 aliphatic carbocycles. The number of carbonyl (C=O) groups excluding carboxylic acids is 1. The van der Waals surface area contributed by atoms with Crippen LogP contribution in [-0.2, 0) is 19.6 Å². The molecule has 2 aromatic carbocycles. The van der Waals surface area contributed by atoms with Gasteiger partial charge in [-0.2, -0.15) is 0 Å². The zero-order chi connectivity index (χ0) is 27.4. The highest BCUT2D eigenvalue weighted by Gasteiger charge is 2.30. The first-order valence-electron chi connectivity index (χ1n) is 13.0. The summed E-state index contributed by atoms with van der Waals surface area (Å²) >= 11 is 0. The van der Waals surface area contributed by atoms with E-state index in [1.54, 1.807) is 6.08 Å². The van der Waals surface area contributed by atoms with Crippen LogP contribution in [0.15, 0.2) is 83.8 Å². The van der Waals surface area contributed by atoms with Crippen molar-refractivity contribution in [2.45, 2.75) is 26.6 Å². The monoisotopic (exact) mass is 531 g/mol. The van der Waals surface area contributed by atoms with Crippen LogP contribution in [0.2, 0.25) is 0 Å². The highest BCUT2D eigenvalue weighted by Crippen LogP contribution is 2.24. The Morgan fingerprint density at radius 1 is 0.949 bits per heavy atom. The van der Waals surface area contributed by atoms with Crippen LogP contribution in [0.3, 0.4) is 0 Å². The molecule has 1 fully saturated rings. The van der Waals surface area contributed by atoms with E-state index >= 15 is 0 Å². The highest BCUT2D eigenvalue weighted by atomic mass is 16.7. The van der Waals surface area contributed by atoms with Gasteiger partial charge < -0.3 is 24.5 Å². The SMILES string of the molecule is C=CC=C(C)N1CCN(C(=O)On2c(O)c3n(c2=O)CCN(Cc2ccc(Oc4ccccc4)cc2)C3)CC1. The van der Waals surface area contributed by atoms with Crippen molar-refractivity contribution >= 4 is 6.09 Å². The molecule has 3 aromatic rings. The van der Waals surface area contributed by atoms with Gasteiger partial charge in [0.15, 0.2) is 0 Å². The van der Waals surface area contributed by atoms with Crippen molar-refractivity contribution in [2.24, 2.45) is 0 Å². The summed E-state index contributed by atoms with van der Waals surface area (Å²) in [5.41, 5.74) is 2.03. The van der Waals surface area contributed by atoms with E-state index in [0.717, 1.165) is 22.8 Å². The Hall–Kier alpha value is -4.44. The standard InChI is InChI=1S/C29H33N5O5/c1-3-7-22(2)31-15-17-32(18-16-31)29(37)39-34-27(35)26-21-30(14-19-33(26)28(34)36)20-23-10-12-25(13-11-23)38-24-8-5-4-6-9-24/h3-13,35H,1,14-21H2,2H3. The second-order valence-electron chi connectivity index (χ2n) is 9.64. The number of piperazine rings is 1. The molecule has 0 radical (unpaired) electrons. The molecule has 0 spiro atoms. The number of nitrogens with zero attached hydrogens (tertiary/aromatic N) is 5. The summed E-state index contributed by atoms with van der Waals surface area (Å²) in [5.74, 6) is 1.18. The lowest BCUT2D eigenvalue weighted by Crippen LogP contribution is -2.50. The largest absolute Gasteiger partial charge is 0.491 e. The van der Waals surface area contributed by atoms with E-state index < -0.39 is 11.8 Å². The van der Waals surface area contributed by atoms with Crippen molar-refractivity contribution in [3.63, 3.8) is 0 Å². The van der Waals surface area contributed by atoms with Gasteiger partial charge in [-0.3, -0.25) is 9.47 Å². The van der Waals surface area contributed by atoms with E-state index in [2.05, 4.69) is 16.4 Å². The lowest BCUT2D eigenvalue weighted by Gasteiger charge is -2.35. The molecule has 10 nitrogen and oxygen atoms in total. The molecule has 1 amide bonds. The topological polar surface area (TPSA) is 92.4 Å². The fourth-order valence-electron chi connectivity index (χ4n) is 4.89. The summed E-state index contributed by atoms with van der Waals surface area (Å²) in [5, 5.41) is 10.8. The number of aromatic hydroxyl groups is 1.